The molecule has 4 heteroatoms. The third-order valence-electron chi connectivity index (χ3n) is 3.77. The van der Waals surface area contributed by atoms with E-state index in [1.54, 1.807) is 0 Å². The summed E-state index contributed by atoms with van der Waals surface area (Å²) in [5.41, 5.74) is 7.63. The van der Waals surface area contributed by atoms with Gasteiger partial charge < -0.3 is 15.7 Å². The minimum atomic E-state index is 0.00423. The smallest absolute Gasteiger partial charge is 0.227 e. The SMILES string of the molecule is NCc1ccc(CC(=O)N2CCCCC2CO)cc1. The average Bonchev–Trinajstić information content (AvgIpc) is 2.48. The second-order valence-corrected chi connectivity index (χ2v) is 5.12. The van der Waals surface area contributed by atoms with Gasteiger partial charge in [0.1, 0.15) is 0 Å². The van der Waals surface area contributed by atoms with Crippen LogP contribution in [0.1, 0.15) is 30.4 Å². The molecule has 104 valence electrons. The van der Waals surface area contributed by atoms with Gasteiger partial charge in [0.05, 0.1) is 19.1 Å². The molecule has 1 saturated heterocycles. The van der Waals surface area contributed by atoms with Gasteiger partial charge in [-0.3, -0.25) is 4.79 Å². The Labute approximate surface area is 114 Å². The lowest BCUT2D eigenvalue weighted by molar-refractivity contribution is -0.135. The van der Waals surface area contributed by atoms with E-state index in [1.807, 2.05) is 29.2 Å². The number of nitrogens with zero attached hydrogens (tertiary/aromatic N) is 1. The second-order valence-electron chi connectivity index (χ2n) is 5.12. The van der Waals surface area contributed by atoms with Crippen molar-refractivity contribution in [3.05, 3.63) is 35.4 Å². The first kappa shape index (κ1) is 14.0. The van der Waals surface area contributed by atoms with Crippen molar-refractivity contribution in [2.45, 2.75) is 38.3 Å². The van der Waals surface area contributed by atoms with E-state index in [0.29, 0.717) is 13.0 Å². The Bertz CT molecular complexity index is 417. The first-order chi connectivity index (χ1) is 9.24. The fraction of sp³-hybridized carbons (Fsp3) is 0.533. The summed E-state index contributed by atoms with van der Waals surface area (Å²) in [6, 6.07) is 7.84. The molecule has 0 bridgehead atoms. The number of aliphatic hydroxyl groups is 1. The summed E-state index contributed by atoms with van der Waals surface area (Å²) in [6.07, 6.45) is 3.45. The Kier molecular flexibility index (Phi) is 4.93. The van der Waals surface area contributed by atoms with E-state index in [9.17, 15) is 9.90 Å². The molecule has 19 heavy (non-hydrogen) atoms. The maximum Gasteiger partial charge on any atom is 0.227 e. The van der Waals surface area contributed by atoms with Crippen LogP contribution >= 0.6 is 0 Å². The van der Waals surface area contributed by atoms with Gasteiger partial charge in [-0.25, -0.2) is 0 Å². The first-order valence-corrected chi connectivity index (χ1v) is 6.93. The molecule has 3 N–H and O–H groups in total. The van der Waals surface area contributed by atoms with E-state index < -0.39 is 0 Å². The fourth-order valence-corrected chi connectivity index (χ4v) is 2.59. The molecule has 1 aromatic rings. The number of carbonyl (C=O) groups excluding carboxylic acids is 1. The van der Waals surface area contributed by atoms with Crippen LogP contribution in [0.5, 0.6) is 0 Å². The molecule has 0 aromatic heterocycles. The summed E-state index contributed by atoms with van der Waals surface area (Å²) < 4.78 is 0. The topological polar surface area (TPSA) is 66.6 Å². The van der Waals surface area contributed by atoms with Crippen LogP contribution < -0.4 is 5.73 Å². The number of hydrogen-bond donors (Lipinski definition) is 2. The van der Waals surface area contributed by atoms with Gasteiger partial charge in [0.25, 0.3) is 0 Å². The van der Waals surface area contributed by atoms with Crippen LogP contribution in [0.3, 0.4) is 0 Å². The quantitative estimate of drug-likeness (QED) is 0.852. The van der Waals surface area contributed by atoms with Crippen molar-refractivity contribution in [1.29, 1.82) is 0 Å². The van der Waals surface area contributed by atoms with E-state index in [1.165, 1.54) is 0 Å². The van der Waals surface area contributed by atoms with E-state index in [4.69, 9.17) is 5.73 Å². The first-order valence-electron chi connectivity index (χ1n) is 6.93. The van der Waals surface area contributed by atoms with Gasteiger partial charge in [-0.1, -0.05) is 24.3 Å². The van der Waals surface area contributed by atoms with Crippen LogP contribution in [-0.2, 0) is 17.8 Å². The number of benzene rings is 1. The van der Waals surface area contributed by atoms with Crippen molar-refractivity contribution in [3.8, 4) is 0 Å². The van der Waals surface area contributed by atoms with Gasteiger partial charge in [0, 0.05) is 13.1 Å². The van der Waals surface area contributed by atoms with Crippen LogP contribution in [0.15, 0.2) is 24.3 Å². The van der Waals surface area contributed by atoms with Gasteiger partial charge in [-0.15, -0.1) is 0 Å². The molecule has 4 nitrogen and oxygen atoms in total. The van der Waals surface area contributed by atoms with Gasteiger partial charge in [0.2, 0.25) is 5.91 Å². The van der Waals surface area contributed by atoms with Crippen molar-refractivity contribution in [3.63, 3.8) is 0 Å². The van der Waals surface area contributed by atoms with Crippen LogP contribution in [0.2, 0.25) is 0 Å². The highest BCUT2D eigenvalue weighted by Crippen LogP contribution is 2.18. The van der Waals surface area contributed by atoms with E-state index in [2.05, 4.69) is 0 Å². The molecular weight excluding hydrogens is 240 g/mol. The van der Waals surface area contributed by atoms with E-state index in [0.717, 1.165) is 36.9 Å². The van der Waals surface area contributed by atoms with Gasteiger partial charge in [-0.2, -0.15) is 0 Å². The summed E-state index contributed by atoms with van der Waals surface area (Å²) in [5, 5.41) is 9.34. The maximum atomic E-state index is 12.3. The molecule has 0 saturated carbocycles. The van der Waals surface area contributed by atoms with Crippen molar-refractivity contribution < 1.29 is 9.90 Å². The van der Waals surface area contributed by atoms with Gasteiger partial charge in [0.15, 0.2) is 0 Å². The number of hydrogen-bond acceptors (Lipinski definition) is 3. The van der Waals surface area contributed by atoms with Crippen LogP contribution in [0, 0.1) is 0 Å². The Morgan fingerprint density at radius 3 is 2.58 bits per heavy atom. The number of carbonyl (C=O) groups is 1. The zero-order chi connectivity index (χ0) is 13.7. The monoisotopic (exact) mass is 262 g/mol. The maximum absolute atomic E-state index is 12.3. The minimum absolute atomic E-state index is 0.00423. The fourth-order valence-electron chi connectivity index (χ4n) is 2.59. The molecule has 1 heterocycles. The number of piperidine rings is 1. The zero-order valence-corrected chi connectivity index (χ0v) is 11.2. The predicted octanol–water partition coefficient (Wildman–Crippen LogP) is 1.06. The second kappa shape index (κ2) is 6.68. The summed E-state index contributed by atoms with van der Waals surface area (Å²) in [4.78, 5) is 14.1. The molecule has 1 aliphatic heterocycles. The van der Waals surface area contributed by atoms with E-state index in [-0.39, 0.29) is 18.6 Å². The molecule has 2 rings (SSSR count). The molecule has 0 spiro atoms. The summed E-state index contributed by atoms with van der Waals surface area (Å²) in [5.74, 6) is 0.110. The highest BCUT2D eigenvalue weighted by molar-refractivity contribution is 5.79. The third kappa shape index (κ3) is 3.55. The molecule has 1 unspecified atom stereocenters. The number of rotatable bonds is 4. The molecule has 1 fully saturated rings. The van der Waals surface area contributed by atoms with E-state index >= 15 is 0 Å². The highest BCUT2D eigenvalue weighted by Gasteiger charge is 2.25. The summed E-state index contributed by atoms with van der Waals surface area (Å²) in [6.45, 7) is 1.36. The lowest BCUT2D eigenvalue weighted by atomic mass is 10.0. The number of amides is 1. The Morgan fingerprint density at radius 2 is 1.95 bits per heavy atom. The van der Waals surface area contributed by atoms with Gasteiger partial charge in [-0.05, 0) is 30.4 Å². The standard InChI is InChI=1S/C15H22N2O2/c16-10-13-6-4-12(5-7-13)9-15(19)17-8-2-1-3-14(17)11-18/h4-7,14,18H,1-3,8-11,16H2. The Morgan fingerprint density at radius 1 is 1.26 bits per heavy atom. The zero-order valence-electron chi connectivity index (χ0n) is 11.2. The van der Waals surface area contributed by atoms with Crippen molar-refractivity contribution in [1.82, 2.24) is 4.90 Å². The van der Waals surface area contributed by atoms with Crippen LogP contribution in [0.25, 0.3) is 0 Å². The van der Waals surface area contributed by atoms with Crippen molar-refractivity contribution in [2.75, 3.05) is 13.2 Å². The Hall–Kier alpha value is -1.39. The average molecular weight is 262 g/mol. The predicted molar refractivity (Wildman–Crippen MR) is 74.5 cm³/mol. The summed E-state index contributed by atoms with van der Waals surface area (Å²) >= 11 is 0. The molecule has 1 aliphatic rings. The molecule has 1 amide bonds. The van der Waals surface area contributed by atoms with Crippen molar-refractivity contribution >= 4 is 5.91 Å². The molecular formula is C15H22N2O2. The molecule has 1 atom stereocenters. The lowest BCUT2D eigenvalue weighted by Gasteiger charge is -2.34. The molecule has 1 aromatic carbocycles. The number of aliphatic hydroxyl groups excluding tert-OH is 1. The van der Waals surface area contributed by atoms with Gasteiger partial charge >= 0.3 is 0 Å². The number of nitrogens with two attached hydrogens (primary N) is 1. The van der Waals surface area contributed by atoms with Crippen LogP contribution in [-0.4, -0.2) is 35.1 Å². The normalized spacial score (nSPS) is 19.5. The third-order valence-corrected chi connectivity index (χ3v) is 3.77. The largest absolute Gasteiger partial charge is 0.394 e. The number of likely N-dealkylation sites (tertiary alicyclic amines) is 1. The lowest BCUT2D eigenvalue weighted by Crippen LogP contribution is -2.46. The molecule has 0 aliphatic carbocycles. The van der Waals surface area contributed by atoms with Crippen LogP contribution in [0.4, 0.5) is 0 Å². The Balaban J connectivity index is 1.98. The molecule has 0 radical (unpaired) electrons. The highest BCUT2D eigenvalue weighted by atomic mass is 16.3. The van der Waals surface area contributed by atoms with Crippen molar-refractivity contribution in [2.24, 2.45) is 5.73 Å². The summed E-state index contributed by atoms with van der Waals surface area (Å²) in [7, 11) is 0. The minimum Gasteiger partial charge on any atom is -0.394 e.